The summed E-state index contributed by atoms with van der Waals surface area (Å²) in [5.41, 5.74) is 5.57. The fraction of sp³-hybridized carbons (Fsp3) is 0.100. The minimum Gasteiger partial charge on any atom is -0.494 e. The van der Waals surface area contributed by atoms with Gasteiger partial charge in [-0.15, -0.1) is 0 Å². The van der Waals surface area contributed by atoms with E-state index in [0.717, 1.165) is 6.07 Å². The van der Waals surface area contributed by atoms with E-state index in [1.54, 1.807) is 0 Å². The highest BCUT2D eigenvalue weighted by atomic mass is 19.1. The first-order valence-electron chi connectivity index (χ1n) is 4.37. The number of aromatic nitrogens is 1. The molecule has 2 rings (SSSR count). The van der Waals surface area contributed by atoms with E-state index in [-0.39, 0.29) is 22.9 Å². The molecule has 0 fully saturated rings. The Hall–Kier alpha value is -2.11. The fourth-order valence-corrected chi connectivity index (χ4v) is 1.30. The number of halogens is 2. The highest BCUT2D eigenvalue weighted by Gasteiger charge is 2.14. The quantitative estimate of drug-likeness (QED) is 0.852. The molecule has 1 heterocycles. The summed E-state index contributed by atoms with van der Waals surface area (Å²) < 4.78 is 35.9. The Bertz CT molecular complexity index is 526. The summed E-state index contributed by atoms with van der Waals surface area (Å²) in [6, 6.07) is 3.26. The molecular formula is C10H8F2N2O2. The predicted octanol–water partition coefficient (Wildman–Crippen LogP) is 2.21. The minimum atomic E-state index is -0.778. The van der Waals surface area contributed by atoms with Crippen molar-refractivity contribution in [1.29, 1.82) is 0 Å². The molecule has 0 unspecified atom stereocenters. The predicted molar refractivity (Wildman–Crippen MR) is 52.8 cm³/mol. The number of rotatable bonds is 2. The first-order chi connectivity index (χ1) is 7.61. The molecule has 0 atom stereocenters. The zero-order chi connectivity index (χ0) is 11.7. The molecule has 1 aromatic heterocycles. The molecular weight excluding hydrogens is 218 g/mol. The largest absolute Gasteiger partial charge is 0.494 e. The highest BCUT2D eigenvalue weighted by Crippen LogP contribution is 2.29. The van der Waals surface area contributed by atoms with Crippen molar-refractivity contribution < 1.29 is 18.0 Å². The molecule has 0 saturated carbocycles. The van der Waals surface area contributed by atoms with E-state index in [4.69, 9.17) is 10.5 Å². The molecule has 2 N–H and O–H groups in total. The number of hydrogen-bond acceptors (Lipinski definition) is 4. The van der Waals surface area contributed by atoms with Crippen LogP contribution >= 0.6 is 0 Å². The van der Waals surface area contributed by atoms with Gasteiger partial charge in [0.2, 0.25) is 5.88 Å². The van der Waals surface area contributed by atoms with E-state index in [1.165, 1.54) is 19.2 Å². The minimum absolute atomic E-state index is 0.0534. The maximum atomic E-state index is 13.4. The second-order valence-corrected chi connectivity index (χ2v) is 3.08. The van der Waals surface area contributed by atoms with Crippen molar-refractivity contribution in [2.45, 2.75) is 0 Å². The lowest BCUT2D eigenvalue weighted by Gasteiger charge is -2.04. The van der Waals surface area contributed by atoms with Crippen LogP contribution in [0.15, 0.2) is 22.7 Å². The summed E-state index contributed by atoms with van der Waals surface area (Å²) in [6.45, 7) is 0. The van der Waals surface area contributed by atoms with Crippen molar-refractivity contribution >= 4 is 5.88 Å². The monoisotopic (exact) mass is 226 g/mol. The van der Waals surface area contributed by atoms with Gasteiger partial charge in [-0.25, -0.2) is 8.78 Å². The zero-order valence-corrected chi connectivity index (χ0v) is 8.33. The van der Waals surface area contributed by atoms with Gasteiger partial charge in [-0.05, 0) is 6.07 Å². The van der Waals surface area contributed by atoms with Gasteiger partial charge in [0.1, 0.15) is 11.5 Å². The molecule has 0 aliphatic heterocycles. The summed E-state index contributed by atoms with van der Waals surface area (Å²) >= 11 is 0. The third-order valence-electron chi connectivity index (χ3n) is 2.05. The number of ether oxygens (including phenoxy) is 1. The van der Waals surface area contributed by atoms with Crippen molar-refractivity contribution in [1.82, 2.24) is 5.16 Å². The molecule has 0 radical (unpaired) electrons. The van der Waals surface area contributed by atoms with Crippen LogP contribution in [0.3, 0.4) is 0 Å². The van der Waals surface area contributed by atoms with Crippen LogP contribution in [-0.4, -0.2) is 12.3 Å². The molecule has 0 aliphatic carbocycles. The van der Waals surface area contributed by atoms with E-state index in [2.05, 4.69) is 9.68 Å². The molecule has 4 nitrogen and oxygen atoms in total. The van der Waals surface area contributed by atoms with E-state index >= 15 is 0 Å². The Kier molecular flexibility index (Phi) is 2.47. The number of nitrogen functional groups attached to an aromatic ring is 1. The molecule has 1 aromatic carbocycles. The van der Waals surface area contributed by atoms with Crippen LogP contribution in [0, 0.1) is 11.6 Å². The van der Waals surface area contributed by atoms with Crippen LogP contribution in [0.4, 0.5) is 14.7 Å². The van der Waals surface area contributed by atoms with Gasteiger partial charge in [0.05, 0.1) is 7.11 Å². The number of benzene rings is 1. The molecule has 0 aliphatic rings. The molecule has 16 heavy (non-hydrogen) atoms. The van der Waals surface area contributed by atoms with Crippen molar-refractivity contribution in [3.8, 4) is 17.0 Å². The maximum Gasteiger partial charge on any atom is 0.222 e. The summed E-state index contributed by atoms with van der Waals surface area (Å²) in [7, 11) is 1.29. The lowest BCUT2D eigenvalue weighted by Crippen LogP contribution is -1.92. The lowest BCUT2D eigenvalue weighted by atomic mass is 10.1. The second-order valence-electron chi connectivity index (χ2n) is 3.08. The first kappa shape index (κ1) is 10.4. The van der Waals surface area contributed by atoms with Crippen LogP contribution < -0.4 is 10.5 Å². The first-order valence-corrected chi connectivity index (χ1v) is 4.37. The van der Waals surface area contributed by atoms with Gasteiger partial charge in [0, 0.05) is 17.7 Å². The van der Waals surface area contributed by atoms with Gasteiger partial charge >= 0.3 is 0 Å². The summed E-state index contributed by atoms with van der Waals surface area (Å²) in [5, 5.41) is 3.53. The molecule has 0 spiro atoms. The Morgan fingerprint density at radius 2 is 2.00 bits per heavy atom. The average molecular weight is 226 g/mol. The normalized spacial score (nSPS) is 10.4. The standard InChI is InChI=1S/C10H8F2N2O2/c1-15-9-2-5(6(11)3-7(9)12)8-4-10(13)16-14-8/h2-4H,13H2,1H3. The molecule has 84 valence electrons. The van der Waals surface area contributed by atoms with Crippen molar-refractivity contribution in [3.05, 3.63) is 29.8 Å². The van der Waals surface area contributed by atoms with Crippen molar-refractivity contribution in [3.63, 3.8) is 0 Å². The Morgan fingerprint density at radius 1 is 1.25 bits per heavy atom. The summed E-state index contributed by atoms with van der Waals surface area (Å²) in [4.78, 5) is 0. The number of nitrogens with two attached hydrogens (primary N) is 1. The number of hydrogen-bond donors (Lipinski definition) is 1. The van der Waals surface area contributed by atoms with Gasteiger partial charge in [-0.3, -0.25) is 0 Å². The number of anilines is 1. The smallest absolute Gasteiger partial charge is 0.222 e. The van der Waals surface area contributed by atoms with Crippen molar-refractivity contribution in [2.75, 3.05) is 12.8 Å². The van der Waals surface area contributed by atoms with E-state index in [9.17, 15) is 8.78 Å². The summed E-state index contributed by atoms with van der Waals surface area (Å²) in [5.74, 6) is -1.55. The van der Waals surface area contributed by atoms with Crippen LogP contribution in [-0.2, 0) is 0 Å². The van der Waals surface area contributed by atoms with E-state index in [1.807, 2.05) is 0 Å². The van der Waals surface area contributed by atoms with Gasteiger partial charge in [0.25, 0.3) is 0 Å². The maximum absolute atomic E-state index is 13.4. The zero-order valence-electron chi connectivity index (χ0n) is 8.33. The van der Waals surface area contributed by atoms with Gasteiger partial charge in [-0.1, -0.05) is 5.16 Å². The Balaban J connectivity index is 2.56. The summed E-state index contributed by atoms with van der Waals surface area (Å²) in [6.07, 6.45) is 0. The molecule has 2 aromatic rings. The molecule has 6 heteroatoms. The van der Waals surface area contributed by atoms with Gasteiger partial charge in [0.15, 0.2) is 11.6 Å². The SMILES string of the molecule is COc1cc(-c2cc(N)on2)c(F)cc1F. The van der Waals surface area contributed by atoms with Crippen LogP contribution in [0.1, 0.15) is 0 Å². The van der Waals surface area contributed by atoms with Crippen molar-refractivity contribution in [2.24, 2.45) is 0 Å². The Morgan fingerprint density at radius 3 is 2.56 bits per heavy atom. The average Bonchev–Trinajstić information content (AvgIpc) is 2.65. The molecule has 0 bridgehead atoms. The second kappa shape index (κ2) is 3.80. The van der Waals surface area contributed by atoms with Crippen LogP contribution in [0.5, 0.6) is 5.75 Å². The molecule has 0 amide bonds. The van der Waals surface area contributed by atoms with Gasteiger partial charge in [-0.2, -0.15) is 0 Å². The fourth-order valence-electron chi connectivity index (χ4n) is 1.30. The lowest BCUT2D eigenvalue weighted by molar-refractivity contribution is 0.384. The highest BCUT2D eigenvalue weighted by molar-refractivity contribution is 5.63. The third kappa shape index (κ3) is 1.69. The Labute approximate surface area is 89.6 Å². The van der Waals surface area contributed by atoms with Gasteiger partial charge < -0.3 is 15.0 Å². The number of methoxy groups -OCH3 is 1. The van der Waals surface area contributed by atoms with Crippen LogP contribution in [0.2, 0.25) is 0 Å². The van der Waals surface area contributed by atoms with Crippen LogP contribution in [0.25, 0.3) is 11.3 Å². The topological polar surface area (TPSA) is 61.3 Å². The number of nitrogens with zero attached hydrogens (tertiary/aromatic N) is 1. The van der Waals surface area contributed by atoms with E-state index in [0.29, 0.717) is 0 Å². The van der Waals surface area contributed by atoms with E-state index < -0.39 is 11.6 Å². The third-order valence-corrected chi connectivity index (χ3v) is 2.05. The molecule has 0 saturated heterocycles.